The minimum atomic E-state index is -3.35. The van der Waals surface area contributed by atoms with Crippen molar-refractivity contribution in [1.82, 2.24) is 0 Å². The Hall–Kier alpha value is -7.39. The van der Waals surface area contributed by atoms with Gasteiger partial charge in [-0.25, -0.2) is 4.85 Å². The molecule has 0 aliphatic rings. The topological polar surface area (TPSA) is 10.8 Å². The number of benzene rings is 9. The van der Waals surface area contributed by atoms with Crippen LogP contribution in [0, 0.1) is 6.57 Å². The summed E-state index contributed by atoms with van der Waals surface area (Å²) in [7, 11) is 0. The van der Waals surface area contributed by atoms with Gasteiger partial charge in [-0.2, -0.15) is 0 Å². The molecule has 280 valence electrons. The summed E-state index contributed by atoms with van der Waals surface area (Å²) in [5.41, 5.74) is 9.22. The van der Waals surface area contributed by atoms with Crippen molar-refractivity contribution in [2.45, 2.75) is 0 Å². The Morgan fingerprint density at radius 1 is 0.271 bits per heavy atom. The summed E-state index contributed by atoms with van der Waals surface area (Å²) in [6.45, 7) is 7.55. The van der Waals surface area contributed by atoms with Crippen LogP contribution in [0.1, 0.15) is 0 Å². The van der Waals surface area contributed by atoms with E-state index < -0.39 is 13.3 Å². The van der Waals surface area contributed by atoms with E-state index in [1.165, 1.54) is 23.1 Å². The molecular weight excluding hydrogens is 775 g/mol. The zero-order valence-corrected chi connectivity index (χ0v) is 34.6. The first-order chi connectivity index (χ1) is 29.2. The van der Waals surface area contributed by atoms with E-state index in [9.17, 15) is 0 Å². The van der Waals surface area contributed by atoms with E-state index in [1.807, 2.05) is 36.4 Å². The number of anilines is 6. The second kappa shape index (κ2) is 17.0. The first-order valence-electron chi connectivity index (χ1n) is 19.9. The molecule has 0 saturated carbocycles. The first kappa shape index (κ1) is 37.2. The van der Waals surface area contributed by atoms with Crippen LogP contribution in [-0.4, -0.2) is 13.3 Å². The SMILES string of the molecule is [C-]#[N+]c1ccc(N(c2ccc(-c3cc[c]([Ge]([c]4ccccc4)([c]4ccccc4)[c]4ccccc4)cc3)cc2)c2ccc(N(c3ccccc3)c3ccccc3)cc2)cc1. The molecule has 9 rings (SSSR count). The quantitative estimate of drug-likeness (QED) is 0.0951. The molecule has 0 bridgehead atoms. The average Bonchev–Trinajstić information content (AvgIpc) is 3.32. The van der Waals surface area contributed by atoms with E-state index in [1.54, 1.807) is 0 Å². The first-order valence-corrected chi connectivity index (χ1v) is 24.1. The van der Waals surface area contributed by atoms with Crippen LogP contribution in [0.4, 0.5) is 39.8 Å². The van der Waals surface area contributed by atoms with E-state index >= 15 is 0 Å². The van der Waals surface area contributed by atoms with Crippen LogP contribution in [-0.2, 0) is 0 Å². The summed E-state index contributed by atoms with van der Waals surface area (Å²) in [5, 5.41) is 0. The maximum atomic E-state index is 7.55. The van der Waals surface area contributed by atoms with Gasteiger partial charge >= 0.3 is 252 Å². The molecule has 4 heteroatoms. The number of nitrogens with zero attached hydrogens (tertiary/aromatic N) is 3. The summed E-state index contributed by atoms with van der Waals surface area (Å²) in [6.07, 6.45) is 0. The molecule has 0 aromatic heterocycles. The van der Waals surface area contributed by atoms with Crippen LogP contribution in [0.15, 0.2) is 249 Å². The fourth-order valence-electron chi connectivity index (χ4n) is 8.26. The van der Waals surface area contributed by atoms with Gasteiger partial charge in [-0.3, -0.25) is 0 Å². The van der Waals surface area contributed by atoms with Crippen molar-refractivity contribution in [1.29, 1.82) is 0 Å². The van der Waals surface area contributed by atoms with Gasteiger partial charge < -0.3 is 4.90 Å². The van der Waals surface area contributed by atoms with Crippen molar-refractivity contribution >= 4 is 70.7 Å². The van der Waals surface area contributed by atoms with Gasteiger partial charge in [-0.15, -0.1) is 0 Å². The molecule has 59 heavy (non-hydrogen) atoms. The Kier molecular flexibility index (Phi) is 10.7. The molecule has 0 saturated heterocycles. The van der Waals surface area contributed by atoms with E-state index in [0.717, 1.165) is 39.7 Å². The number of para-hydroxylation sites is 2. The Morgan fingerprint density at radius 2 is 0.525 bits per heavy atom. The Morgan fingerprint density at radius 3 is 0.864 bits per heavy atom. The number of hydrogen-bond donors (Lipinski definition) is 0. The third-order valence-electron chi connectivity index (χ3n) is 11.0. The van der Waals surface area contributed by atoms with Gasteiger partial charge in [-0.1, -0.05) is 36.4 Å². The summed E-state index contributed by atoms with van der Waals surface area (Å²) < 4.78 is 5.62. The van der Waals surface area contributed by atoms with Crippen LogP contribution < -0.4 is 27.4 Å². The van der Waals surface area contributed by atoms with Crippen LogP contribution in [0.3, 0.4) is 0 Å². The van der Waals surface area contributed by atoms with Crippen molar-refractivity contribution in [2.75, 3.05) is 9.80 Å². The average molecular weight is 817 g/mol. The maximum absolute atomic E-state index is 7.55. The molecule has 0 atom stereocenters. The van der Waals surface area contributed by atoms with E-state index in [2.05, 4.69) is 227 Å². The molecule has 0 aliphatic carbocycles. The molecule has 0 N–H and O–H groups in total. The predicted molar refractivity (Wildman–Crippen MR) is 251 cm³/mol. The number of rotatable bonds is 11. The molecule has 9 aromatic rings. The molecule has 0 radical (unpaired) electrons. The molecule has 0 unspecified atom stereocenters. The van der Waals surface area contributed by atoms with E-state index in [4.69, 9.17) is 6.57 Å². The molecule has 0 amide bonds. The zero-order valence-electron chi connectivity index (χ0n) is 32.5. The second-order valence-corrected chi connectivity index (χ2v) is 22.5. The van der Waals surface area contributed by atoms with Crippen LogP contribution in [0.5, 0.6) is 0 Å². The summed E-state index contributed by atoms with van der Waals surface area (Å²) in [6, 6.07) is 88.9. The zero-order chi connectivity index (χ0) is 39.9. The van der Waals surface area contributed by atoms with Crippen LogP contribution in [0.2, 0.25) is 0 Å². The minimum absolute atomic E-state index is 0.615. The van der Waals surface area contributed by atoms with Crippen molar-refractivity contribution in [3.8, 4) is 11.1 Å². The third kappa shape index (κ3) is 7.46. The van der Waals surface area contributed by atoms with Gasteiger partial charge in [0.2, 0.25) is 0 Å². The van der Waals surface area contributed by atoms with Gasteiger partial charge in [0.05, 0.1) is 6.57 Å². The molecular formula is C55H41GeN3. The van der Waals surface area contributed by atoms with Crippen molar-refractivity contribution < 1.29 is 0 Å². The van der Waals surface area contributed by atoms with Crippen LogP contribution >= 0.6 is 0 Å². The monoisotopic (exact) mass is 817 g/mol. The summed E-state index contributed by atoms with van der Waals surface area (Å²) in [5.74, 6) is 0. The van der Waals surface area contributed by atoms with E-state index in [0.29, 0.717) is 5.69 Å². The molecule has 9 aromatic carbocycles. The molecule has 0 aliphatic heterocycles. The molecule has 0 spiro atoms. The standard InChI is InChI=1S/C55H41GeN3/c1-57-49-33-37-53(38-34-49)59(55-41-39-54(40-42-55)58(50-23-13-5-14-24-50)51-25-15-6-16-26-51)52-35-29-44(30-36-52)43-27-31-48(32-28-43)56(45-17-7-2-8-18-45,46-19-9-3-10-20-46)47-21-11-4-12-22-47/h2-42H. The summed E-state index contributed by atoms with van der Waals surface area (Å²) in [4.78, 5) is 8.17. The van der Waals surface area contributed by atoms with Gasteiger partial charge in [-0.05, 0) is 24.3 Å². The normalized spacial score (nSPS) is 11.0. The van der Waals surface area contributed by atoms with Crippen LogP contribution in [0.25, 0.3) is 16.0 Å². The second-order valence-electron chi connectivity index (χ2n) is 14.5. The third-order valence-corrected chi connectivity index (χ3v) is 21.1. The van der Waals surface area contributed by atoms with E-state index in [-0.39, 0.29) is 0 Å². The molecule has 0 heterocycles. The van der Waals surface area contributed by atoms with Gasteiger partial charge in [0.1, 0.15) is 0 Å². The molecule has 0 fully saturated rings. The predicted octanol–water partition coefficient (Wildman–Crippen LogP) is 12.2. The molecule has 3 nitrogen and oxygen atoms in total. The van der Waals surface area contributed by atoms with Crippen molar-refractivity contribution in [2.24, 2.45) is 0 Å². The Bertz CT molecular complexity index is 2630. The fraction of sp³-hybridized carbons (Fsp3) is 0. The fourth-order valence-corrected chi connectivity index (χ4v) is 18.2. The van der Waals surface area contributed by atoms with Crippen molar-refractivity contribution in [3.63, 3.8) is 0 Å². The Labute approximate surface area is 349 Å². The van der Waals surface area contributed by atoms with Gasteiger partial charge in [0.15, 0.2) is 5.69 Å². The van der Waals surface area contributed by atoms with Gasteiger partial charge in [0.25, 0.3) is 0 Å². The number of hydrogen-bond acceptors (Lipinski definition) is 2. The van der Waals surface area contributed by atoms with Gasteiger partial charge in [0, 0.05) is 17.1 Å². The Balaban J connectivity index is 1.08. The van der Waals surface area contributed by atoms with Crippen molar-refractivity contribution in [3.05, 3.63) is 260 Å². The summed E-state index contributed by atoms with van der Waals surface area (Å²) >= 11 is -3.35.